The molecule has 0 unspecified atom stereocenters. The average Bonchev–Trinajstić information content (AvgIpc) is 2.21. The number of aliphatic hydroxyl groups is 2. The van der Waals surface area contributed by atoms with Crippen LogP contribution in [0.15, 0.2) is 0 Å². The van der Waals surface area contributed by atoms with Gasteiger partial charge in [-0.1, -0.05) is 0 Å². The third kappa shape index (κ3) is 31.4. The molecule has 4 N–H and O–H groups in total. The summed E-state index contributed by atoms with van der Waals surface area (Å²) >= 11 is 0. The largest absolute Gasteiger partial charge is 0.679 e. The molecule has 0 saturated heterocycles. The first kappa shape index (κ1) is 20.7. The Labute approximate surface area is 102 Å². The summed E-state index contributed by atoms with van der Waals surface area (Å²) in [6.07, 6.45) is 0. The van der Waals surface area contributed by atoms with Crippen LogP contribution >= 0.6 is 0 Å². The quantitative estimate of drug-likeness (QED) is 0.630. The molecule has 0 amide bonds. The summed E-state index contributed by atoms with van der Waals surface area (Å²) < 4.78 is 0. The van der Waals surface area contributed by atoms with Gasteiger partial charge in [0, 0.05) is 30.0 Å². The molecule has 97 valence electrons. The van der Waals surface area contributed by atoms with Gasteiger partial charge in [-0.2, -0.15) is 26.2 Å². The van der Waals surface area contributed by atoms with Gasteiger partial charge in [-0.25, -0.2) is 0 Å². The Bertz CT molecular complexity index is 73.0. The van der Waals surface area contributed by atoms with E-state index < -0.39 is 0 Å². The van der Waals surface area contributed by atoms with Crippen molar-refractivity contribution in [3.05, 3.63) is 22.1 Å². The fourth-order valence-corrected chi connectivity index (χ4v) is 0.523. The third-order valence-electron chi connectivity index (χ3n) is 1.06. The van der Waals surface area contributed by atoms with Crippen LogP contribution in [0, 0.1) is 0 Å². The zero-order valence-corrected chi connectivity index (χ0v) is 9.82. The van der Waals surface area contributed by atoms with Gasteiger partial charge in [-0.3, -0.25) is 0 Å². The minimum atomic E-state index is 0. The molecular formula is C8H20CoN4O2-4. The van der Waals surface area contributed by atoms with E-state index in [1.807, 2.05) is 0 Å². The van der Waals surface area contributed by atoms with Crippen LogP contribution in [0.25, 0.3) is 22.1 Å². The molecule has 0 aromatic carbocycles. The molecule has 15 heavy (non-hydrogen) atoms. The zero-order chi connectivity index (χ0) is 11.1. The minimum absolute atomic E-state index is 0. The topological polar surface area (TPSA) is 116 Å². The second-order valence-electron chi connectivity index (χ2n) is 2.29. The van der Waals surface area contributed by atoms with Crippen LogP contribution in [0.1, 0.15) is 0 Å². The van der Waals surface area contributed by atoms with Crippen LogP contribution in [0.3, 0.4) is 0 Å². The van der Waals surface area contributed by atoms with Crippen LogP contribution in [0.2, 0.25) is 0 Å². The number of hydrogen-bond acceptors (Lipinski definition) is 2. The molecule has 6 nitrogen and oxygen atoms in total. The Morgan fingerprint density at radius 2 is 1.07 bits per heavy atom. The molecule has 7 heteroatoms. The summed E-state index contributed by atoms with van der Waals surface area (Å²) in [7, 11) is 0. The molecule has 0 fully saturated rings. The Kier molecular flexibility index (Phi) is 32.8. The fourth-order valence-electron chi connectivity index (χ4n) is 0.523. The molecule has 0 aliphatic rings. The van der Waals surface area contributed by atoms with Crippen LogP contribution < -0.4 is 0 Å². The van der Waals surface area contributed by atoms with Crippen LogP contribution in [-0.4, -0.2) is 62.7 Å². The zero-order valence-electron chi connectivity index (χ0n) is 8.78. The first-order valence-electron chi connectivity index (χ1n) is 4.60. The molecule has 0 heterocycles. The maximum absolute atomic E-state index is 8.14. The monoisotopic (exact) mass is 263 g/mol. The van der Waals surface area contributed by atoms with Crippen molar-refractivity contribution in [1.29, 1.82) is 0 Å². The second kappa shape index (κ2) is 23.8. The SMILES string of the molecule is [Co].[NH-]CC[N-]CCO.[NH-]CC[N-]CCO. The maximum Gasteiger partial charge on any atom is 0.0243 e. The number of rotatable bonds is 8. The summed E-state index contributed by atoms with van der Waals surface area (Å²) in [5.41, 5.74) is 13.2. The van der Waals surface area contributed by atoms with E-state index >= 15 is 0 Å². The number of nitrogens with zero attached hydrogens (tertiary/aromatic N) is 2. The summed E-state index contributed by atoms with van der Waals surface area (Å²) in [6.45, 7) is 2.97. The van der Waals surface area contributed by atoms with Crippen molar-refractivity contribution in [1.82, 2.24) is 0 Å². The summed E-state index contributed by atoms with van der Waals surface area (Å²) in [4.78, 5) is 0. The molecule has 0 aliphatic carbocycles. The molecule has 0 rings (SSSR count). The van der Waals surface area contributed by atoms with Gasteiger partial charge in [0.2, 0.25) is 0 Å². The van der Waals surface area contributed by atoms with Crippen LogP contribution in [0.5, 0.6) is 0 Å². The second-order valence-corrected chi connectivity index (χ2v) is 2.29. The van der Waals surface area contributed by atoms with Crippen LogP contribution in [-0.2, 0) is 16.8 Å². The first-order valence-corrected chi connectivity index (χ1v) is 4.60. The predicted octanol–water partition coefficient (Wildman–Crippen LogP) is 0.807. The molecule has 0 aliphatic heterocycles. The fraction of sp³-hybridized carbons (Fsp3) is 1.00. The van der Waals surface area contributed by atoms with Gasteiger partial charge in [0.1, 0.15) is 0 Å². The van der Waals surface area contributed by atoms with Gasteiger partial charge < -0.3 is 32.3 Å². The smallest absolute Gasteiger partial charge is 0.0243 e. The standard InChI is InChI=1S/2C4H10N2O.Co/c2*5-1-2-6-3-4-7;/h2*5,7H,1-4H2;/q2*-2;. The van der Waals surface area contributed by atoms with E-state index in [4.69, 9.17) is 21.7 Å². The van der Waals surface area contributed by atoms with E-state index in [1.165, 1.54) is 0 Å². The Balaban J connectivity index is -0.000000180. The van der Waals surface area contributed by atoms with Gasteiger partial charge in [0.15, 0.2) is 0 Å². The van der Waals surface area contributed by atoms with E-state index in [9.17, 15) is 0 Å². The van der Waals surface area contributed by atoms with Crippen molar-refractivity contribution in [3.63, 3.8) is 0 Å². The van der Waals surface area contributed by atoms with Crippen molar-refractivity contribution in [2.24, 2.45) is 0 Å². The van der Waals surface area contributed by atoms with Gasteiger partial charge >= 0.3 is 0 Å². The molecule has 0 bridgehead atoms. The van der Waals surface area contributed by atoms with Gasteiger partial charge in [-0.05, 0) is 0 Å². The Morgan fingerprint density at radius 1 is 0.733 bits per heavy atom. The van der Waals surface area contributed by atoms with Crippen LogP contribution in [0.4, 0.5) is 0 Å². The van der Waals surface area contributed by atoms with E-state index in [-0.39, 0.29) is 30.0 Å². The minimum Gasteiger partial charge on any atom is -0.679 e. The maximum atomic E-state index is 8.14. The number of hydrogen-bond donors (Lipinski definition) is 2. The van der Waals surface area contributed by atoms with E-state index in [0.29, 0.717) is 39.3 Å². The van der Waals surface area contributed by atoms with Gasteiger partial charge in [-0.15, -0.1) is 13.1 Å². The van der Waals surface area contributed by atoms with Crippen molar-refractivity contribution < 1.29 is 27.0 Å². The molecule has 1 radical (unpaired) electrons. The van der Waals surface area contributed by atoms with Gasteiger partial charge in [0.25, 0.3) is 0 Å². The van der Waals surface area contributed by atoms with E-state index in [2.05, 4.69) is 10.6 Å². The molecular weight excluding hydrogens is 243 g/mol. The molecule has 0 spiro atoms. The summed E-state index contributed by atoms with van der Waals surface area (Å²) in [5, 5.41) is 23.8. The summed E-state index contributed by atoms with van der Waals surface area (Å²) in [6, 6.07) is 0. The van der Waals surface area contributed by atoms with E-state index in [1.54, 1.807) is 0 Å². The molecule has 0 atom stereocenters. The van der Waals surface area contributed by atoms with Crippen molar-refractivity contribution in [2.45, 2.75) is 0 Å². The van der Waals surface area contributed by atoms with Crippen molar-refractivity contribution in [3.8, 4) is 0 Å². The molecule has 0 saturated carbocycles. The molecule has 0 aromatic heterocycles. The predicted molar refractivity (Wildman–Crippen MR) is 58.7 cm³/mol. The third-order valence-corrected chi connectivity index (χ3v) is 1.06. The number of aliphatic hydroxyl groups excluding tert-OH is 2. The Hall–Kier alpha value is 0.266. The van der Waals surface area contributed by atoms with E-state index in [0.717, 1.165) is 0 Å². The average molecular weight is 263 g/mol. The first-order chi connectivity index (χ1) is 6.83. The van der Waals surface area contributed by atoms with Gasteiger partial charge in [0.05, 0.1) is 0 Å². The molecule has 0 aromatic rings. The number of nitrogens with one attached hydrogen (secondary N) is 2. The Morgan fingerprint density at radius 3 is 1.27 bits per heavy atom. The normalized spacial score (nSPS) is 8.80. The van der Waals surface area contributed by atoms with Crippen molar-refractivity contribution in [2.75, 3.05) is 52.5 Å². The summed E-state index contributed by atoms with van der Waals surface area (Å²) in [5.74, 6) is 0. The van der Waals surface area contributed by atoms with Crippen molar-refractivity contribution >= 4 is 0 Å².